The lowest BCUT2D eigenvalue weighted by Gasteiger charge is -2.43. The topological polar surface area (TPSA) is 56.7 Å². The molecule has 6 heteroatoms. The summed E-state index contributed by atoms with van der Waals surface area (Å²) in [4.78, 5) is 19.6. The van der Waals surface area contributed by atoms with Gasteiger partial charge in [-0.3, -0.25) is 4.90 Å². The predicted molar refractivity (Wildman–Crippen MR) is 75.1 cm³/mol. The molecule has 2 unspecified atom stereocenters. The van der Waals surface area contributed by atoms with Gasteiger partial charge in [-0.2, -0.15) is 0 Å². The highest BCUT2D eigenvalue weighted by Gasteiger charge is 2.27. The highest BCUT2D eigenvalue weighted by molar-refractivity contribution is 6.33. The van der Waals surface area contributed by atoms with Crippen molar-refractivity contribution in [2.45, 2.75) is 25.9 Å². The molecule has 104 valence electrons. The van der Waals surface area contributed by atoms with Gasteiger partial charge in [0, 0.05) is 25.2 Å². The summed E-state index contributed by atoms with van der Waals surface area (Å²) in [5.41, 5.74) is -0.0848. The summed E-state index contributed by atoms with van der Waals surface area (Å²) < 4.78 is 0. The first kappa shape index (κ1) is 14.1. The van der Waals surface area contributed by atoms with Crippen LogP contribution in [-0.2, 0) is 0 Å². The van der Waals surface area contributed by atoms with Gasteiger partial charge in [0.1, 0.15) is 5.82 Å². The zero-order valence-electron chi connectivity index (χ0n) is 11.3. The number of carbonyl (C=O) groups is 1. The number of aromatic nitrogens is 1. The van der Waals surface area contributed by atoms with E-state index in [0.29, 0.717) is 17.9 Å². The summed E-state index contributed by atoms with van der Waals surface area (Å²) in [5.74, 6) is -0.421. The van der Waals surface area contributed by atoms with E-state index in [2.05, 4.69) is 35.7 Å². The van der Waals surface area contributed by atoms with E-state index in [0.717, 1.165) is 13.1 Å². The molecule has 0 radical (unpaired) electrons. The van der Waals surface area contributed by atoms with E-state index in [1.165, 1.54) is 0 Å². The third kappa shape index (κ3) is 2.82. The molecule has 19 heavy (non-hydrogen) atoms. The van der Waals surface area contributed by atoms with Gasteiger partial charge in [0.05, 0.1) is 5.02 Å². The van der Waals surface area contributed by atoms with E-state index in [-0.39, 0.29) is 10.7 Å². The van der Waals surface area contributed by atoms with E-state index in [1.54, 1.807) is 12.1 Å². The molecule has 0 amide bonds. The number of nitrogens with zero attached hydrogens (tertiary/aromatic N) is 3. The third-order valence-electron chi connectivity index (χ3n) is 3.72. The Kier molecular flexibility index (Phi) is 3.96. The molecule has 1 saturated heterocycles. The van der Waals surface area contributed by atoms with Crippen LogP contribution >= 0.6 is 11.6 Å². The van der Waals surface area contributed by atoms with Gasteiger partial charge >= 0.3 is 5.97 Å². The van der Waals surface area contributed by atoms with Crippen molar-refractivity contribution in [3.8, 4) is 0 Å². The van der Waals surface area contributed by atoms with Gasteiger partial charge in [-0.15, -0.1) is 0 Å². The van der Waals surface area contributed by atoms with Gasteiger partial charge in [-0.05, 0) is 33.0 Å². The molecule has 0 aromatic carbocycles. The Morgan fingerprint density at radius 3 is 2.47 bits per heavy atom. The second kappa shape index (κ2) is 5.35. The van der Waals surface area contributed by atoms with E-state index < -0.39 is 5.97 Å². The van der Waals surface area contributed by atoms with Crippen LogP contribution in [0.25, 0.3) is 0 Å². The van der Waals surface area contributed by atoms with Gasteiger partial charge in [-0.25, -0.2) is 9.78 Å². The fourth-order valence-electron chi connectivity index (χ4n) is 2.35. The number of anilines is 1. The molecule has 2 rings (SSSR count). The highest BCUT2D eigenvalue weighted by Crippen LogP contribution is 2.23. The van der Waals surface area contributed by atoms with Crippen molar-refractivity contribution in [3.63, 3.8) is 0 Å². The molecule has 1 aromatic rings. The maximum absolute atomic E-state index is 11.1. The Morgan fingerprint density at radius 1 is 1.37 bits per heavy atom. The number of hydrogen-bond acceptors (Lipinski definition) is 4. The molecule has 0 bridgehead atoms. The van der Waals surface area contributed by atoms with Gasteiger partial charge in [0.15, 0.2) is 5.69 Å². The van der Waals surface area contributed by atoms with Crippen molar-refractivity contribution in [1.82, 2.24) is 9.88 Å². The monoisotopic (exact) mass is 283 g/mol. The number of rotatable bonds is 2. The minimum absolute atomic E-state index is 0.0848. The highest BCUT2D eigenvalue weighted by atomic mass is 35.5. The lowest BCUT2D eigenvalue weighted by Crippen LogP contribution is -2.55. The Hall–Kier alpha value is -1.33. The van der Waals surface area contributed by atoms with Crippen LogP contribution in [0.15, 0.2) is 12.1 Å². The molecular weight excluding hydrogens is 266 g/mol. The van der Waals surface area contributed by atoms with Crippen molar-refractivity contribution in [2.75, 3.05) is 25.0 Å². The number of hydrogen-bond donors (Lipinski definition) is 1. The number of carboxylic acid groups (broad SMARTS) is 1. The van der Waals surface area contributed by atoms with Crippen molar-refractivity contribution < 1.29 is 9.90 Å². The maximum Gasteiger partial charge on any atom is 0.356 e. The minimum Gasteiger partial charge on any atom is -0.476 e. The summed E-state index contributed by atoms with van der Waals surface area (Å²) in [6.07, 6.45) is 0. The van der Waals surface area contributed by atoms with Gasteiger partial charge in [-0.1, -0.05) is 11.6 Å². The van der Waals surface area contributed by atoms with Crippen LogP contribution in [0.1, 0.15) is 24.3 Å². The SMILES string of the molecule is CC1CN(c2ccc(Cl)c(C(=O)O)n2)CC(C)N1C. The normalized spacial score (nSPS) is 24.5. The first-order valence-electron chi connectivity index (χ1n) is 6.27. The summed E-state index contributed by atoms with van der Waals surface area (Å²) in [6.45, 7) is 5.95. The average molecular weight is 284 g/mol. The molecule has 1 N–H and O–H groups in total. The van der Waals surface area contributed by atoms with Crippen molar-refractivity contribution in [2.24, 2.45) is 0 Å². The molecule has 1 aromatic heterocycles. The number of aromatic carboxylic acids is 1. The Labute approximate surface area is 117 Å². The fourth-order valence-corrected chi connectivity index (χ4v) is 2.54. The van der Waals surface area contributed by atoms with E-state index >= 15 is 0 Å². The number of likely N-dealkylation sites (N-methyl/N-ethyl adjacent to an activating group) is 1. The lowest BCUT2D eigenvalue weighted by atomic mass is 10.1. The van der Waals surface area contributed by atoms with Crippen molar-refractivity contribution in [1.29, 1.82) is 0 Å². The average Bonchev–Trinajstić information content (AvgIpc) is 2.35. The van der Waals surface area contributed by atoms with Crippen LogP contribution in [0.5, 0.6) is 0 Å². The molecule has 0 aliphatic carbocycles. The standard InChI is InChI=1S/C13H18ClN3O2/c1-8-6-17(7-9(2)16(8)3)11-5-4-10(14)12(15-11)13(18)19/h4-5,8-9H,6-7H2,1-3H3,(H,18,19). The second-order valence-electron chi connectivity index (χ2n) is 5.07. The summed E-state index contributed by atoms with van der Waals surface area (Å²) >= 11 is 5.84. The number of carboxylic acids is 1. The smallest absolute Gasteiger partial charge is 0.356 e. The van der Waals surface area contributed by atoms with E-state index in [1.807, 2.05) is 0 Å². The molecule has 2 heterocycles. The minimum atomic E-state index is -1.10. The van der Waals surface area contributed by atoms with Crippen LogP contribution < -0.4 is 4.90 Å². The van der Waals surface area contributed by atoms with Gasteiger partial charge in [0.25, 0.3) is 0 Å². The van der Waals surface area contributed by atoms with Crippen LogP contribution in [0.3, 0.4) is 0 Å². The predicted octanol–water partition coefficient (Wildman–Crippen LogP) is 1.96. The zero-order valence-corrected chi connectivity index (χ0v) is 12.1. The second-order valence-corrected chi connectivity index (χ2v) is 5.48. The molecule has 1 aliphatic rings. The molecular formula is C13H18ClN3O2. The van der Waals surface area contributed by atoms with Gasteiger partial charge in [0.2, 0.25) is 0 Å². The van der Waals surface area contributed by atoms with E-state index in [9.17, 15) is 4.79 Å². The fraction of sp³-hybridized carbons (Fsp3) is 0.538. The molecule has 0 spiro atoms. The zero-order chi connectivity index (χ0) is 14.2. The van der Waals surface area contributed by atoms with E-state index in [4.69, 9.17) is 16.7 Å². The van der Waals surface area contributed by atoms with Crippen LogP contribution in [0.2, 0.25) is 5.02 Å². The van der Waals surface area contributed by atoms with Crippen LogP contribution in [0, 0.1) is 0 Å². The first-order valence-corrected chi connectivity index (χ1v) is 6.64. The molecule has 0 saturated carbocycles. The Balaban J connectivity index is 2.27. The molecule has 5 nitrogen and oxygen atoms in total. The first-order chi connectivity index (χ1) is 8.90. The van der Waals surface area contributed by atoms with Crippen molar-refractivity contribution in [3.05, 3.63) is 22.8 Å². The quantitative estimate of drug-likeness (QED) is 0.899. The van der Waals surface area contributed by atoms with Crippen LogP contribution in [0.4, 0.5) is 5.82 Å². The molecule has 1 aliphatic heterocycles. The number of pyridine rings is 1. The Morgan fingerprint density at radius 2 is 1.95 bits per heavy atom. The van der Waals surface area contributed by atoms with Crippen LogP contribution in [-0.4, -0.2) is 53.2 Å². The largest absolute Gasteiger partial charge is 0.476 e. The lowest BCUT2D eigenvalue weighted by molar-refractivity contribution is 0.0690. The third-order valence-corrected chi connectivity index (χ3v) is 4.02. The number of halogens is 1. The molecule has 1 fully saturated rings. The summed E-state index contributed by atoms with van der Waals surface area (Å²) in [5, 5.41) is 9.23. The Bertz CT molecular complexity index is 483. The van der Waals surface area contributed by atoms with Crippen molar-refractivity contribution >= 4 is 23.4 Å². The summed E-state index contributed by atoms with van der Waals surface area (Å²) in [7, 11) is 2.10. The van der Waals surface area contributed by atoms with Gasteiger partial charge < -0.3 is 10.0 Å². The number of piperazine rings is 1. The maximum atomic E-state index is 11.1. The summed E-state index contributed by atoms with van der Waals surface area (Å²) in [6, 6.07) is 4.17. The molecule has 2 atom stereocenters.